The third kappa shape index (κ3) is 3.18. The average molecular weight is 400 g/mol. The molecule has 4 aromatic heterocycles. The second-order valence-electron chi connectivity index (χ2n) is 6.85. The van der Waals surface area contributed by atoms with E-state index in [1.807, 2.05) is 18.2 Å². The molecule has 0 fully saturated rings. The molecule has 0 unspecified atom stereocenters. The third-order valence-corrected chi connectivity index (χ3v) is 4.98. The average Bonchev–Trinajstić information content (AvgIpc) is 3.24. The minimum Gasteiger partial charge on any atom is -0.368 e. The van der Waals surface area contributed by atoms with Gasteiger partial charge in [0.1, 0.15) is 17.7 Å². The molecule has 148 valence electrons. The molecule has 8 heteroatoms. The summed E-state index contributed by atoms with van der Waals surface area (Å²) in [6.07, 6.45) is 5.29. The maximum atomic E-state index is 13.9. The molecule has 0 atom stereocenters. The Hall–Kier alpha value is -4.07. The van der Waals surface area contributed by atoms with Crippen molar-refractivity contribution in [3.05, 3.63) is 89.1 Å². The number of anilines is 1. The minimum absolute atomic E-state index is 0.176. The van der Waals surface area contributed by atoms with Crippen molar-refractivity contribution >= 4 is 22.5 Å². The molecule has 5 rings (SSSR count). The molecular formula is C22H17FN6O. The van der Waals surface area contributed by atoms with E-state index in [9.17, 15) is 9.18 Å². The highest BCUT2D eigenvalue weighted by Crippen LogP contribution is 2.23. The van der Waals surface area contributed by atoms with Crippen molar-refractivity contribution in [1.29, 1.82) is 0 Å². The van der Waals surface area contributed by atoms with Crippen LogP contribution in [-0.4, -0.2) is 30.9 Å². The smallest absolute Gasteiger partial charge is 0.263 e. The number of benzene rings is 1. The van der Waals surface area contributed by atoms with Crippen LogP contribution in [0.15, 0.2) is 72.2 Å². The molecule has 4 heterocycles. The SMILES string of the molecule is O=c1c(-c2cccc(F)c2)c(CCNc2ncnc3[nH]cnc23)cc2ccccn12. The van der Waals surface area contributed by atoms with Crippen molar-refractivity contribution in [1.82, 2.24) is 24.3 Å². The number of nitrogens with one attached hydrogen (secondary N) is 2. The predicted octanol–water partition coefficient (Wildman–Crippen LogP) is 3.43. The first-order valence-electron chi connectivity index (χ1n) is 9.48. The van der Waals surface area contributed by atoms with Gasteiger partial charge < -0.3 is 10.3 Å². The number of hydrogen-bond donors (Lipinski definition) is 2. The fourth-order valence-electron chi connectivity index (χ4n) is 3.63. The summed E-state index contributed by atoms with van der Waals surface area (Å²) in [4.78, 5) is 28.8. The Bertz CT molecular complexity index is 1420. The first kappa shape index (κ1) is 18.0. The van der Waals surface area contributed by atoms with E-state index in [1.54, 1.807) is 35.1 Å². The van der Waals surface area contributed by atoms with Crippen LogP contribution in [0.25, 0.3) is 27.8 Å². The van der Waals surface area contributed by atoms with Crippen LogP contribution in [-0.2, 0) is 6.42 Å². The topological polar surface area (TPSA) is 88.0 Å². The number of nitrogens with zero attached hydrogens (tertiary/aromatic N) is 4. The zero-order valence-corrected chi connectivity index (χ0v) is 15.8. The van der Waals surface area contributed by atoms with Crippen LogP contribution in [0.4, 0.5) is 10.2 Å². The van der Waals surface area contributed by atoms with E-state index in [2.05, 4.69) is 25.3 Å². The number of aromatic nitrogens is 5. The molecule has 0 aliphatic carbocycles. The molecule has 0 saturated heterocycles. The van der Waals surface area contributed by atoms with Crippen molar-refractivity contribution in [3.63, 3.8) is 0 Å². The normalized spacial score (nSPS) is 11.2. The van der Waals surface area contributed by atoms with Crippen molar-refractivity contribution in [2.45, 2.75) is 6.42 Å². The van der Waals surface area contributed by atoms with Crippen LogP contribution in [0.2, 0.25) is 0 Å². The Balaban J connectivity index is 1.53. The lowest BCUT2D eigenvalue weighted by Crippen LogP contribution is -2.19. The minimum atomic E-state index is -0.379. The maximum Gasteiger partial charge on any atom is 0.263 e. The van der Waals surface area contributed by atoms with Gasteiger partial charge in [0, 0.05) is 18.3 Å². The van der Waals surface area contributed by atoms with Gasteiger partial charge in [0.25, 0.3) is 5.56 Å². The Kier molecular flexibility index (Phi) is 4.44. The van der Waals surface area contributed by atoms with Crippen LogP contribution in [0.1, 0.15) is 5.56 Å². The fraction of sp³-hybridized carbons (Fsp3) is 0.0909. The van der Waals surface area contributed by atoms with Crippen molar-refractivity contribution in [3.8, 4) is 11.1 Å². The molecule has 0 radical (unpaired) electrons. The highest BCUT2D eigenvalue weighted by atomic mass is 19.1. The first-order valence-corrected chi connectivity index (χ1v) is 9.48. The molecule has 0 amide bonds. The summed E-state index contributed by atoms with van der Waals surface area (Å²) < 4.78 is 15.5. The Morgan fingerprint density at radius 2 is 2.00 bits per heavy atom. The van der Waals surface area contributed by atoms with E-state index in [4.69, 9.17) is 0 Å². The van der Waals surface area contributed by atoms with E-state index >= 15 is 0 Å². The van der Waals surface area contributed by atoms with Crippen LogP contribution >= 0.6 is 0 Å². The van der Waals surface area contributed by atoms with Gasteiger partial charge in [0.05, 0.1) is 11.9 Å². The van der Waals surface area contributed by atoms with Gasteiger partial charge in [-0.2, -0.15) is 0 Å². The number of imidazole rings is 1. The first-order chi connectivity index (χ1) is 14.7. The molecule has 0 saturated carbocycles. The van der Waals surface area contributed by atoms with E-state index in [0.29, 0.717) is 41.1 Å². The maximum absolute atomic E-state index is 13.9. The monoisotopic (exact) mass is 400 g/mol. The zero-order chi connectivity index (χ0) is 20.5. The largest absolute Gasteiger partial charge is 0.368 e. The highest BCUT2D eigenvalue weighted by molar-refractivity contribution is 5.82. The standard InChI is InChI=1S/C22H17FN6O/c23-16-5-3-4-14(10-16)18-15(11-17-6-1-2-9-29(17)22(18)30)7-8-24-20-19-21(26-12-25-19)28-13-27-20/h1-6,9-13H,7-8H2,(H2,24,25,26,27,28). The predicted molar refractivity (Wildman–Crippen MR) is 113 cm³/mol. The summed E-state index contributed by atoms with van der Waals surface area (Å²) in [6.45, 7) is 0.518. The van der Waals surface area contributed by atoms with E-state index < -0.39 is 0 Å². The van der Waals surface area contributed by atoms with E-state index in [-0.39, 0.29) is 11.4 Å². The van der Waals surface area contributed by atoms with Crippen LogP contribution in [0.5, 0.6) is 0 Å². The molecule has 30 heavy (non-hydrogen) atoms. The Labute approximate surface area is 170 Å². The highest BCUT2D eigenvalue weighted by Gasteiger charge is 2.14. The number of hydrogen-bond acceptors (Lipinski definition) is 5. The van der Waals surface area contributed by atoms with Gasteiger partial charge >= 0.3 is 0 Å². The van der Waals surface area contributed by atoms with Gasteiger partial charge in [-0.25, -0.2) is 19.3 Å². The molecule has 0 spiro atoms. The molecule has 7 nitrogen and oxygen atoms in total. The van der Waals surface area contributed by atoms with Crippen LogP contribution in [0, 0.1) is 5.82 Å². The molecule has 2 N–H and O–H groups in total. The lowest BCUT2D eigenvalue weighted by atomic mass is 9.98. The van der Waals surface area contributed by atoms with E-state index in [1.165, 1.54) is 18.5 Å². The van der Waals surface area contributed by atoms with Crippen molar-refractivity contribution in [2.75, 3.05) is 11.9 Å². The number of halogens is 1. The number of pyridine rings is 2. The van der Waals surface area contributed by atoms with Crippen molar-refractivity contribution < 1.29 is 4.39 Å². The van der Waals surface area contributed by atoms with Gasteiger partial charge in [0.2, 0.25) is 0 Å². The number of H-pyrrole nitrogens is 1. The number of fused-ring (bicyclic) bond motifs is 2. The molecule has 1 aromatic carbocycles. The summed E-state index contributed by atoms with van der Waals surface area (Å²) in [6, 6.07) is 13.7. The molecule has 0 aliphatic heterocycles. The number of rotatable bonds is 5. The van der Waals surface area contributed by atoms with Crippen LogP contribution < -0.4 is 10.9 Å². The van der Waals surface area contributed by atoms with Gasteiger partial charge in [-0.15, -0.1) is 0 Å². The quantitative estimate of drug-likeness (QED) is 0.472. The van der Waals surface area contributed by atoms with Crippen LogP contribution in [0.3, 0.4) is 0 Å². The summed E-state index contributed by atoms with van der Waals surface area (Å²) in [5, 5.41) is 3.26. The second kappa shape index (κ2) is 7.40. The molecule has 5 aromatic rings. The molecular weight excluding hydrogens is 383 g/mol. The lowest BCUT2D eigenvalue weighted by molar-refractivity contribution is 0.628. The zero-order valence-electron chi connectivity index (χ0n) is 15.8. The van der Waals surface area contributed by atoms with Gasteiger partial charge in [0.15, 0.2) is 11.5 Å². The van der Waals surface area contributed by atoms with E-state index in [0.717, 1.165) is 11.1 Å². The molecule has 0 aliphatic rings. The summed E-state index contributed by atoms with van der Waals surface area (Å²) in [5.41, 5.74) is 3.80. The molecule has 0 bridgehead atoms. The van der Waals surface area contributed by atoms with Gasteiger partial charge in [-0.3, -0.25) is 9.20 Å². The Morgan fingerprint density at radius 3 is 2.90 bits per heavy atom. The lowest BCUT2D eigenvalue weighted by Gasteiger charge is -2.13. The van der Waals surface area contributed by atoms with Gasteiger partial charge in [-0.1, -0.05) is 18.2 Å². The summed E-state index contributed by atoms with van der Waals surface area (Å²) >= 11 is 0. The fourth-order valence-corrected chi connectivity index (χ4v) is 3.63. The second-order valence-corrected chi connectivity index (χ2v) is 6.85. The third-order valence-electron chi connectivity index (χ3n) is 4.98. The van der Waals surface area contributed by atoms with Gasteiger partial charge in [-0.05, 0) is 47.9 Å². The summed E-state index contributed by atoms with van der Waals surface area (Å²) in [5.74, 6) is 0.238. The Morgan fingerprint density at radius 1 is 1.07 bits per heavy atom. The number of aromatic amines is 1. The summed E-state index contributed by atoms with van der Waals surface area (Å²) in [7, 11) is 0. The van der Waals surface area contributed by atoms with Crippen molar-refractivity contribution in [2.24, 2.45) is 0 Å².